The highest BCUT2D eigenvalue weighted by Gasteiger charge is 2.25. The SMILES string of the molecule is O=C(Nc1cccc(-c2ccc(=O)[nH]n2)c1)C1CCC1. The summed E-state index contributed by atoms with van der Waals surface area (Å²) in [5, 5.41) is 9.31. The van der Waals surface area contributed by atoms with Crippen molar-refractivity contribution in [3.05, 3.63) is 46.8 Å². The molecule has 102 valence electrons. The zero-order valence-electron chi connectivity index (χ0n) is 10.9. The van der Waals surface area contributed by atoms with Gasteiger partial charge in [0.25, 0.3) is 5.56 Å². The molecule has 0 spiro atoms. The Labute approximate surface area is 116 Å². The second-order valence-corrected chi connectivity index (χ2v) is 5.00. The summed E-state index contributed by atoms with van der Waals surface area (Å²) in [6, 6.07) is 10.6. The second-order valence-electron chi connectivity index (χ2n) is 5.00. The van der Waals surface area contributed by atoms with Gasteiger partial charge in [0, 0.05) is 23.2 Å². The van der Waals surface area contributed by atoms with Gasteiger partial charge in [-0.1, -0.05) is 18.6 Å². The molecule has 0 radical (unpaired) electrons. The first kappa shape index (κ1) is 12.6. The highest BCUT2D eigenvalue weighted by Crippen LogP contribution is 2.28. The van der Waals surface area contributed by atoms with Gasteiger partial charge in [-0.25, -0.2) is 5.10 Å². The van der Waals surface area contributed by atoms with Gasteiger partial charge >= 0.3 is 0 Å². The van der Waals surface area contributed by atoms with Crippen LogP contribution in [0.5, 0.6) is 0 Å². The van der Waals surface area contributed by atoms with Gasteiger partial charge in [-0.2, -0.15) is 5.10 Å². The van der Waals surface area contributed by atoms with Crippen LogP contribution < -0.4 is 10.9 Å². The van der Waals surface area contributed by atoms with E-state index in [2.05, 4.69) is 15.5 Å². The Hall–Kier alpha value is -2.43. The molecule has 1 amide bonds. The van der Waals surface area contributed by atoms with Gasteiger partial charge in [-0.05, 0) is 31.0 Å². The number of carbonyl (C=O) groups is 1. The Morgan fingerprint density at radius 2 is 2.10 bits per heavy atom. The van der Waals surface area contributed by atoms with Crippen molar-refractivity contribution in [2.45, 2.75) is 19.3 Å². The number of nitrogens with zero attached hydrogens (tertiary/aromatic N) is 1. The number of aromatic nitrogens is 2. The zero-order chi connectivity index (χ0) is 13.9. The van der Waals surface area contributed by atoms with Crippen LogP contribution in [0.25, 0.3) is 11.3 Å². The molecule has 2 aromatic rings. The van der Waals surface area contributed by atoms with Crippen molar-refractivity contribution in [3.8, 4) is 11.3 Å². The molecular weight excluding hydrogens is 254 g/mol. The van der Waals surface area contributed by atoms with Crippen LogP contribution in [0.3, 0.4) is 0 Å². The molecule has 2 N–H and O–H groups in total. The molecule has 0 saturated heterocycles. The van der Waals surface area contributed by atoms with Crippen molar-refractivity contribution in [2.75, 3.05) is 5.32 Å². The summed E-state index contributed by atoms with van der Waals surface area (Å²) in [6.07, 6.45) is 3.10. The first-order valence-electron chi connectivity index (χ1n) is 6.69. The van der Waals surface area contributed by atoms with Crippen molar-refractivity contribution in [3.63, 3.8) is 0 Å². The molecule has 1 fully saturated rings. The molecule has 1 saturated carbocycles. The molecule has 1 aliphatic rings. The fraction of sp³-hybridized carbons (Fsp3) is 0.267. The average molecular weight is 269 g/mol. The lowest BCUT2D eigenvalue weighted by Gasteiger charge is -2.24. The fourth-order valence-corrected chi connectivity index (χ4v) is 2.18. The lowest BCUT2D eigenvalue weighted by Crippen LogP contribution is -2.27. The molecule has 1 aromatic carbocycles. The third-order valence-corrected chi connectivity index (χ3v) is 3.58. The first-order chi connectivity index (χ1) is 9.72. The van der Waals surface area contributed by atoms with E-state index in [9.17, 15) is 9.59 Å². The van der Waals surface area contributed by atoms with E-state index < -0.39 is 0 Å². The van der Waals surface area contributed by atoms with Crippen LogP contribution in [0.4, 0.5) is 5.69 Å². The van der Waals surface area contributed by atoms with Gasteiger partial charge < -0.3 is 5.32 Å². The van der Waals surface area contributed by atoms with Crippen LogP contribution in [0.2, 0.25) is 0 Å². The average Bonchev–Trinajstić information content (AvgIpc) is 2.37. The Balaban J connectivity index is 1.80. The number of rotatable bonds is 3. The number of benzene rings is 1. The molecule has 5 heteroatoms. The predicted molar refractivity (Wildman–Crippen MR) is 76.3 cm³/mol. The van der Waals surface area contributed by atoms with Crippen LogP contribution in [-0.4, -0.2) is 16.1 Å². The maximum absolute atomic E-state index is 11.9. The zero-order valence-corrected chi connectivity index (χ0v) is 10.9. The smallest absolute Gasteiger partial charge is 0.264 e. The molecule has 20 heavy (non-hydrogen) atoms. The molecule has 1 aromatic heterocycles. The summed E-state index contributed by atoms with van der Waals surface area (Å²) in [5.74, 6) is 0.243. The van der Waals surface area contributed by atoms with Crippen LogP contribution in [0.1, 0.15) is 19.3 Å². The van der Waals surface area contributed by atoms with Crippen molar-refractivity contribution < 1.29 is 4.79 Å². The van der Waals surface area contributed by atoms with E-state index in [1.807, 2.05) is 24.3 Å². The molecular formula is C15H15N3O2. The van der Waals surface area contributed by atoms with Gasteiger partial charge in [-0.3, -0.25) is 9.59 Å². The van der Waals surface area contributed by atoms with Gasteiger partial charge in [-0.15, -0.1) is 0 Å². The highest BCUT2D eigenvalue weighted by atomic mass is 16.2. The normalized spacial score (nSPS) is 14.6. The number of hydrogen-bond acceptors (Lipinski definition) is 3. The van der Waals surface area contributed by atoms with Gasteiger partial charge in [0.2, 0.25) is 5.91 Å². The third-order valence-electron chi connectivity index (χ3n) is 3.58. The molecule has 1 heterocycles. The summed E-state index contributed by atoms with van der Waals surface area (Å²) in [7, 11) is 0. The fourth-order valence-electron chi connectivity index (χ4n) is 2.18. The topological polar surface area (TPSA) is 74.8 Å². The van der Waals surface area contributed by atoms with Crippen LogP contribution in [-0.2, 0) is 4.79 Å². The standard InChI is InChI=1S/C15H15N3O2/c19-14-8-7-13(17-18-14)11-5-2-6-12(9-11)16-15(20)10-3-1-4-10/h2,5-10H,1,3-4H2,(H,16,20)(H,18,19). The van der Waals surface area contributed by atoms with E-state index in [1.165, 1.54) is 6.07 Å². The Morgan fingerprint density at radius 3 is 2.75 bits per heavy atom. The highest BCUT2D eigenvalue weighted by molar-refractivity contribution is 5.93. The van der Waals surface area contributed by atoms with Gasteiger partial charge in [0.05, 0.1) is 5.69 Å². The van der Waals surface area contributed by atoms with Crippen LogP contribution >= 0.6 is 0 Å². The first-order valence-corrected chi connectivity index (χ1v) is 6.69. The lowest BCUT2D eigenvalue weighted by molar-refractivity contribution is -0.122. The summed E-state index contributed by atoms with van der Waals surface area (Å²) in [5.41, 5.74) is 2.05. The van der Waals surface area contributed by atoms with Gasteiger partial charge in [0.1, 0.15) is 0 Å². The van der Waals surface area contributed by atoms with E-state index in [1.54, 1.807) is 6.07 Å². The third kappa shape index (κ3) is 2.61. The Kier molecular flexibility index (Phi) is 3.33. The second kappa shape index (κ2) is 5.28. The number of aromatic amines is 1. The molecule has 0 aliphatic heterocycles. The summed E-state index contributed by atoms with van der Waals surface area (Å²) in [6.45, 7) is 0. The number of nitrogens with one attached hydrogen (secondary N) is 2. The Morgan fingerprint density at radius 1 is 1.25 bits per heavy atom. The van der Waals surface area contributed by atoms with E-state index in [0.717, 1.165) is 30.5 Å². The maximum Gasteiger partial charge on any atom is 0.264 e. The molecule has 3 rings (SSSR count). The predicted octanol–water partition coefficient (Wildman–Crippen LogP) is 2.18. The Bertz CT molecular complexity index is 669. The quantitative estimate of drug-likeness (QED) is 0.896. The number of H-pyrrole nitrogens is 1. The van der Waals surface area contributed by atoms with Gasteiger partial charge in [0.15, 0.2) is 0 Å². The van der Waals surface area contributed by atoms with E-state index in [4.69, 9.17) is 0 Å². The monoisotopic (exact) mass is 269 g/mol. The van der Waals surface area contributed by atoms with Crippen molar-refractivity contribution >= 4 is 11.6 Å². The number of hydrogen-bond donors (Lipinski definition) is 2. The minimum absolute atomic E-state index is 0.0860. The van der Waals surface area contributed by atoms with Crippen LogP contribution in [0.15, 0.2) is 41.2 Å². The van der Waals surface area contributed by atoms with Crippen molar-refractivity contribution in [1.82, 2.24) is 10.2 Å². The summed E-state index contributed by atoms with van der Waals surface area (Å²) < 4.78 is 0. The number of anilines is 1. The largest absolute Gasteiger partial charge is 0.326 e. The van der Waals surface area contributed by atoms with Crippen molar-refractivity contribution in [1.29, 1.82) is 0 Å². The maximum atomic E-state index is 11.9. The molecule has 0 bridgehead atoms. The van der Waals surface area contributed by atoms with E-state index >= 15 is 0 Å². The molecule has 5 nitrogen and oxygen atoms in total. The number of amides is 1. The lowest BCUT2D eigenvalue weighted by atomic mass is 9.85. The summed E-state index contributed by atoms with van der Waals surface area (Å²) in [4.78, 5) is 22.9. The minimum atomic E-state index is -0.233. The number of carbonyl (C=O) groups excluding carboxylic acids is 1. The molecule has 1 aliphatic carbocycles. The van der Waals surface area contributed by atoms with E-state index in [-0.39, 0.29) is 17.4 Å². The summed E-state index contributed by atoms with van der Waals surface area (Å²) >= 11 is 0. The van der Waals surface area contributed by atoms with Crippen molar-refractivity contribution in [2.24, 2.45) is 5.92 Å². The van der Waals surface area contributed by atoms with E-state index in [0.29, 0.717) is 5.69 Å². The molecule has 0 atom stereocenters. The minimum Gasteiger partial charge on any atom is -0.326 e. The molecule has 0 unspecified atom stereocenters. The van der Waals surface area contributed by atoms with Crippen LogP contribution in [0, 0.1) is 5.92 Å².